The van der Waals surface area contributed by atoms with Gasteiger partial charge in [-0.3, -0.25) is 0 Å². The fourth-order valence-electron chi connectivity index (χ4n) is 3.28. The third-order valence-corrected chi connectivity index (χ3v) is 4.25. The number of aliphatic hydroxyl groups is 1. The molecule has 0 radical (unpaired) electrons. The van der Waals surface area contributed by atoms with Crippen LogP contribution in [-0.4, -0.2) is 64.9 Å². The van der Waals surface area contributed by atoms with Gasteiger partial charge in [0.2, 0.25) is 0 Å². The van der Waals surface area contributed by atoms with Gasteiger partial charge in [0.1, 0.15) is 5.60 Å². The molecule has 2 aliphatic rings. The van der Waals surface area contributed by atoms with E-state index in [1.807, 2.05) is 20.8 Å². The van der Waals surface area contributed by atoms with Gasteiger partial charge in [-0.25, -0.2) is 4.79 Å². The zero-order valence-corrected chi connectivity index (χ0v) is 13.1. The van der Waals surface area contributed by atoms with Crippen molar-refractivity contribution in [3.8, 4) is 0 Å². The van der Waals surface area contributed by atoms with Crippen molar-refractivity contribution >= 4 is 6.09 Å². The Balaban J connectivity index is 2.01. The Kier molecular flexibility index (Phi) is 4.59. The predicted molar refractivity (Wildman–Crippen MR) is 77.6 cm³/mol. The largest absolute Gasteiger partial charge is 0.444 e. The topological polar surface area (TPSA) is 53.0 Å². The minimum Gasteiger partial charge on any atom is -0.444 e. The average molecular weight is 284 g/mol. The highest BCUT2D eigenvalue weighted by molar-refractivity contribution is 5.69. The number of likely N-dealkylation sites (tertiary alicyclic amines) is 2. The summed E-state index contributed by atoms with van der Waals surface area (Å²) in [7, 11) is 0. The van der Waals surface area contributed by atoms with Crippen LogP contribution < -0.4 is 0 Å². The lowest BCUT2D eigenvalue weighted by Crippen LogP contribution is -2.43. The Labute approximate surface area is 121 Å². The second kappa shape index (κ2) is 5.90. The molecule has 2 fully saturated rings. The second-order valence-electron chi connectivity index (χ2n) is 7.03. The molecule has 0 aromatic heterocycles. The van der Waals surface area contributed by atoms with Gasteiger partial charge in [0.15, 0.2) is 0 Å². The molecule has 0 saturated carbocycles. The van der Waals surface area contributed by atoms with Crippen LogP contribution in [0.5, 0.6) is 0 Å². The highest BCUT2D eigenvalue weighted by atomic mass is 16.6. The number of β-amino-alcohol motifs (C(OH)–C–C–N with tert-alkyl or cyclic N) is 1. The van der Waals surface area contributed by atoms with Gasteiger partial charge in [0, 0.05) is 12.6 Å². The number of ether oxygens (including phenoxy) is 1. The Hall–Kier alpha value is -0.810. The molecule has 0 aromatic carbocycles. The van der Waals surface area contributed by atoms with Crippen LogP contribution in [0.25, 0.3) is 0 Å². The molecule has 2 rings (SSSR count). The summed E-state index contributed by atoms with van der Waals surface area (Å²) in [5, 5.41) is 9.94. The lowest BCUT2D eigenvalue weighted by atomic mass is 9.96. The number of carbonyl (C=O) groups is 1. The van der Waals surface area contributed by atoms with Gasteiger partial charge in [-0.05, 0) is 52.6 Å². The molecule has 3 atom stereocenters. The maximum absolute atomic E-state index is 12.3. The van der Waals surface area contributed by atoms with Crippen molar-refractivity contribution in [3.05, 3.63) is 0 Å². The highest BCUT2D eigenvalue weighted by Crippen LogP contribution is 2.31. The number of hydrogen-bond donors (Lipinski definition) is 1. The van der Waals surface area contributed by atoms with Crippen molar-refractivity contribution in [2.45, 2.75) is 58.3 Å². The van der Waals surface area contributed by atoms with Gasteiger partial charge < -0.3 is 19.6 Å². The highest BCUT2D eigenvalue weighted by Gasteiger charge is 2.42. The Morgan fingerprint density at radius 3 is 2.60 bits per heavy atom. The van der Waals surface area contributed by atoms with E-state index in [2.05, 4.69) is 11.8 Å². The number of hydrogen-bond acceptors (Lipinski definition) is 4. The van der Waals surface area contributed by atoms with Gasteiger partial charge in [-0.1, -0.05) is 6.92 Å². The van der Waals surface area contributed by atoms with Gasteiger partial charge in [0.05, 0.1) is 12.6 Å². The molecule has 0 aromatic rings. The summed E-state index contributed by atoms with van der Waals surface area (Å²) < 4.78 is 5.48. The van der Waals surface area contributed by atoms with E-state index in [0.29, 0.717) is 18.9 Å². The van der Waals surface area contributed by atoms with Crippen molar-refractivity contribution in [1.82, 2.24) is 9.80 Å². The number of carbonyl (C=O) groups excluding carboxylic acids is 1. The van der Waals surface area contributed by atoms with E-state index in [1.54, 1.807) is 4.90 Å². The smallest absolute Gasteiger partial charge is 0.410 e. The van der Waals surface area contributed by atoms with Crippen LogP contribution in [0.2, 0.25) is 0 Å². The summed E-state index contributed by atoms with van der Waals surface area (Å²) in [5.74, 6) is 0.458. The Morgan fingerprint density at radius 2 is 2.05 bits per heavy atom. The molecule has 2 saturated heterocycles. The van der Waals surface area contributed by atoms with Crippen LogP contribution in [0.1, 0.15) is 40.5 Å². The number of aliphatic hydroxyl groups excluding tert-OH is 1. The minimum atomic E-state index is -0.486. The van der Waals surface area contributed by atoms with Crippen molar-refractivity contribution in [2.24, 2.45) is 5.92 Å². The predicted octanol–water partition coefficient (Wildman–Crippen LogP) is 1.70. The minimum absolute atomic E-state index is 0.122. The first-order valence-electron chi connectivity index (χ1n) is 7.70. The van der Waals surface area contributed by atoms with E-state index < -0.39 is 11.7 Å². The zero-order valence-electron chi connectivity index (χ0n) is 13.1. The summed E-state index contributed by atoms with van der Waals surface area (Å²) in [6.45, 7) is 11.4. The van der Waals surface area contributed by atoms with E-state index in [9.17, 15) is 9.90 Å². The fourth-order valence-corrected chi connectivity index (χ4v) is 3.28. The number of amides is 1. The van der Waals surface area contributed by atoms with Crippen LogP contribution >= 0.6 is 0 Å². The first-order chi connectivity index (χ1) is 9.30. The SMILES string of the molecule is CCN1CCC([C@@H]2C[C@@H](O)CN2C(=O)OC(C)(C)C)C1. The van der Waals surface area contributed by atoms with Crippen LogP contribution in [0.15, 0.2) is 0 Å². The van der Waals surface area contributed by atoms with Gasteiger partial charge >= 0.3 is 6.09 Å². The monoisotopic (exact) mass is 284 g/mol. The molecule has 1 amide bonds. The van der Waals surface area contributed by atoms with E-state index >= 15 is 0 Å². The van der Waals surface area contributed by atoms with E-state index in [0.717, 1.165) is 26.1 Å². The lowest BCUT2D eigenvalue weighted by molar-refractivity contribution is 0.0166. The van der Waals surface area contributed by atoms with Crippen molar-refractivity contribution in [2.75, 3.05) is 26.2 Å². The van der Waals surface area contributed by atoms with Crippen LogP contribution in [0, 0.1) is 5.92 Å². The normalized spacial score (nSPS) is 31.9. The molecule has 0 spiro atoms. The molecule has 0 aliphatic carbocycles. The third kappa shape index (κ3) is 3.64. The van der Waals surface area contributed by atoms with Crippen LogP contribution in [0.4, 0.5) is 4.79 Å². The van der Waals surface area contributed by atoms with E-state index in [1.165, 1.54) is 0 Å². The van der Waals surface area contributed by atoms with Crippen molar-refractivity contribution < 1.29 is 14.6 Å². The quantitative estimate of drug-likeness (QED) is 0.838. The molecular weight excluding hydrogens is 256 g/mol. The molecule has 2 heterocycles. The summed E-state index contributed by atoms with van der Waals surface area (Å²) in [6.07, 6.45) is 1.09. The molecule has 2 aliphatic heterocycles. The molecule has 116 valence electrons. The van der Waals surface area contributed by atoms with Crippen LogP contribution in [0.3, 0.4) is 0 Å². The Morgan fingerprint density at radius 1 is 1.35 bits per heavy atom. The molecule has 5 nitrogen and oxygen atoms in total. The summed E-state index contributed by atoms with van der Waals surface area (Å²) in [5.41, 5.74) is -0.486. The maximum Gasteiger partial charge on any atom is 0.410 e. The summed E-state index contributed by atoms with van der Waals surface area (Å²) >= 11 is 0. The maximum atomic E-state index is 12.3. The van der Waals surface area contributed by atoms with Crippen molar-refractivity contribution in [3.63, 3.8) is 0 Å². The van der Waals surface area contributed by atoms with Crippen LogP contribution in [-0.2, 0) is 4.74 Å². The van der Waals surface area contributed by atoms with Gasteiger partial charge in [-0.2, -0.15) is 0 Å². The van der Waals surface area contributed by atoms with E-state index in [4.69, 9.17) is 4.74 Å². The summed E-state index contributed by atoms with van der Waals surface area (Å²) in [4.78, 5) is 16.5. The molecule has 0 bridgehead atoms. The molecule has 20 heavy (non-hydrogen) atoms. The Bertz CT molecular complexity index is 354. The molecule has 5 heteroatoms. The lowest BCUT2D eigenvalue weighted by Gasteiger charge is -2.31. The standard InChI is InChI=1S/C15H28N2O3/c1-5-16-7-6-11(9-16)13-8-12(18)10-17(13)14(19)20-15(2,3)4/h11-13,18H,5-10H2,1-4H3/t11?,12-,13+/m1/s1. The first-order valence-corrected chi connectivity index (χ1v) is 7.70. The number of nitrogens with zero attached hydrogens (tertiary/aromatic N) is 2. The van der Waals surface area contributed by atoms with Gasteiger partial charge in [0.25, 0.3) is 0 Å². The zero-order chi connectivity index (χ0) is 14.9. The summed E-state index contributed by atoms with van der Waals surface area (Å²) in [6, 6.07) is 0.122. The second-order valence-corrected chi connectivity index (χ2v) is 7.03. The fraction of sp³-hybridized carbons (Fsp3) is 0.933. The molecular formula is C15H28N2O3. The van der Waals surface area contributed by atoms with Gasteiger partial charge in [-0.15, -0.1) is 0 Å². The third-order valence-electron chi connectivity index (χ3n) is 4.25. The first kappa shape index (κ1) is 15.6. The van der Waals surface area contributed by atoms with E-state index in [-0.39, 0.29) is 12.1 Å². The number of rotatable bonds is 2. The molecule has 1 unspecified atom stereocenters. The van der Waals surface area contributed by atoms with Crippen molar-refractivity contribution in [1.29, 1.82) is 0 Å². The average Bonchev–Trinajstić information content (AvgIpc) is 2.92. The molecule has 1 N–H and O–H groups in total.